The predicted octanol–water partition coefficient (Wildman–Crippen LogP) is 1.61. The Balaban J connectivity index is 1.71. The maximum absolute atomic E-state index is 11.7. The molecule has 0 unspecified atom stereocenters. The van der Waals surface area contributed by atoms with Crippen LogP contribution in [0, 0.1) is 0 Å². The third-order valence-corrected chi connectivity index (χ3v) is 4.51. The minimum absolute atomic E-state index is 0.391. The van der Waals surface area contributed by atoms with Gasteiger partial charge in [0.1, 0.15) is 5.82 Å². The number of hydrogen-bond acceptors (Lipinski definition) is 4. The molecule has 1 fully saturated rings. The molecule has 0 aromatic carbocycles. The molecule has 5 nitrogen and oxygen atoms in total. The molecule has 5 heteroatoms. The van der Waals surface area contributed by atoms with Gasteiger partial charge in [0, 0.05) is 18.3 Å². The number of rotatable bonds is 5. The monoisotopic (exact) mass is 288 g/mol. The predicted molar refractivity (Wildman–Crippen MR) is 83.5 cm³/mol. The second-order valence-corrected chi connectivity index (χ2v) is 6.07. The van der Waals surface area contributed by atoms with E-state index >= 15 is 0 Å². The minimum Gasteiger partial charge on any atom is -0.369 e. The zero-order chi connectivity index (χ0) is 14.7. The Morgan fingerprint density at radius 3 is 3.00 bits per heavy atom. The van der Waals surface area contributed by atoms with Gasteiger partial charge >= 0.3 is 0 Å². The van der Waals surface area contributed by atoms with Crippen LogP contribution in [0.2, 0.25) is 0 Å². The van der Waals surface area contributed by atoms with Crippen LogP contribution >= 0.6 is 0 Å². The van der Waals surface area contributed by atoms with Crippen molar-refractivity contribution in [2.45, 2.75) is 51.0 Å². The highest BCUT2D eigenvalue weighted by atomic mass is 16.1. The molecule has 1 aliphatic carbocycles. The van der Waals surface area contributed by atoms with Gasteiger partial charge in [0.15, 0.2) is 0 Å². The van der Waals surface area contributed by atoms with Crippen molar-refractivity contribution in [3.8, 4) is 0 Å². The molecule has 0 bridgehead atoms. The van der Waals surface area contributed by atoms with Crippen LogP contribution < -0.4 is 16.4 Å². The summed E-state index contributed by atoms with van der Waals surface area (Å²) in [5, 5.41) is 6.80. The third-order valence-electron chi connectivity index (χ3n) is 4.51. The van der Waals surface area contributed by atoms with E-state index in [1.165, 1.54) is 31.2 Å². The Morgan fingerprint density at radius 1 is 1.38 bits per heavy atom. The van der Waals surface area contributed by atoms with Gasteiger partial charge in [-0.2, -0.15) is 0 Å². The fourth-order valence-corrected chi connectivity index (χ4v) is 3.32. The molecule has 3 rings (SSSR count). The number of carbonyl (C=O) groups is 1. The molecule has 1 aliphatic heterocycles. The molecule has 4 N–H and O–H groups in total. The summed E-state index contributed by atoms with van der Waals surface area (Å²) in [5.74, 6) is 0.276. The first-order valence-electron chi connectivity index (χ1n) is 8.04. The van der Waals surface area contributed by atoms with Crippen molar-refractivity contribution in [2.24, 2.45) is 5.73 Å². The normalized spacial score (nSPS) is 21.0. The first-order valence-corrected chi connectivity index (χ1v) is 8.04. The van der Waals surface area contributed by atoms with Crippen molar-refractivity contribution in [2.75, 3.05) is 18.4 Å². The van der Waals surface area contributed by atoms with E-state index in [9.17, 15) is 4.79 Å². The van der Waals surface area contributed by atoms with E-state index in [4.69, 9.17) is 5.73 Å². The molecule has 1 saturated heterocycles. The Morgan fingerprint density at radius 2 is 2.24 bits per heavy atom. The largest absolute Gasteiger partial charge is 0.369 e. The number of aryl methyl sites for hydroxylation is 2. The van der Waals surface area contributed by atoms with Crippen molar-refractivity contribution < 1.29 is 4.79 Å². The van der Waals surface area contributed by atoms with Crippen LogP contribution in [-0.2, 0) is 12.8 Å². The average Bonchev–Trinajstić information content (AvgIpc) is 2.99. The van der Waals surface area contributed by atoms with Gasteiger partial charge in [-0.25, -0.2) is 4.98 Å². The smallest absolute Gasteiger partial charge is 0.252 e. The first kappa shape index (κ1) is 14.3. The van der Waals surface area contributed by atoms with Crippen LogP contribution in [0.4, 0.5) is 5.82 Å². The molecule has 0 radical (unpaired) electrons. The Kier molecular flexibility index (Phi) is 4.39. The van der Waals surface area contributed by atoms with Crippen molar-refractivity contribution in [3.05, 3.63) is 22.9 Å². The lowest BCUT2D eigenvalue weighted by molar-refractivity contribution is 0.100. The molecule has 2 aliphatic rings. The summed E-state index contributed by atoms with van der Waals surface area (Å²) in [4.78, 5) is 16.3. The molecule has 1 aromatic rings. The molecule has 114 valence electrons. The van der Waals surface area contributed by atoms with Gasteiger partial charge in [-0.1, -0.05) is 0 Å². The lowest BCUT2D eigenvalue weighted by Gasteiger charge is -2.19. The van der Waals surface area contributed by atoms with Gasteiger partial charge in [0.2, 0.25) is 0 Å². The summed E-state index contributed by atoms with van der Waals surface area (Å²) in [6, 6.07) is 2.53. The number of hydrogen-bond donors (Lipinski definition) is 3. The SMILES string of the molecule is NC(=O)c1cc2c(nc1NCC[C@H]1CCCN1)CCCC2. The number of primary amides is 1. The number of aromatic nitrogens is 1. The molecule has 0 saturated carbocycles. The van der Waals surface area contributed by atoms with E-state index in [0.717, 1.165) is 38.0 Å². The standard InChI is InChI=1S/C16H24N4O/c17-15(21)13-10-11-4-1-2-6-14(11)20-16(13)19-9-7-12-5-3-8-18-12/h10,12,18H,1-9H2,(H2,17,21)(H,19,20)/t12-/m1/s1. The maximum atomic E-state index is 11.7. The second-order valence-electron chi connectivity index (χ2n) is 6.07. The van der Waals surface area contributed by atoms with Gasteiger partial charge in [0.25, 0.3) is 5.91 Å². The summed E-state index contributed by atoms with van der Waals surface area (Å²) in [6.07, 6.45) is 7.92. The number of fused-ring (bicyclic) bond motifs is 1. The highest BCUT2D eigenvalue weighted by Gasteiger charge is 2.18. The molecule has 1 aromatic heterocycles. The van der Waals surface area contributed by atoms with Gasteiger partial charge in [-0.3, -0.25) is 4.79 Å². The summed E-state index contributed by atoms with van der Waals surface area (Å²) in [5.41, 5.74) is 8.37. The Bertz CT molecular complexity index is 523. The van der Waals surface area contributed by atoms with Crippen LogP contribution in [0.25, 0.3) is 0 Å². The number of anilines is 1. The van der Waals surface area contributed by atoms with E-state index in [1.54, 1.807) is 0 Å². The highest BCUT2D eigenvalue weighted by molar-refractivity contribution is 5.97. The fraction of sp³-hybridized carbons (Fsp3) is 0.625. The quantitative estimate of drug-likeness (QED) is 0.769. The lowest BCUT2D eigenvalue weighted by Crippen LogP contribution is -2.25. The molecular formula is C16H24N4O. The summed E-state index contributed by atoms with van der Waals surface area (Å²) < 4.78 is 0. The fourth-order valence-electron chi connectivity index (χ4n) is 3.32. The van der Waals surface area contributed by atoms with Gasteiger partial charge in [-0.15, -0.1) is 0 Å². The third kappa shape index (κ3) is 3.35. The molecule has 0 spiro atoms. The van der Waals surface area contributed by atoms with Gasteiger partial charge in [0.05, 0.1) is 5.56 Å². The van der Waals surface area contributed by atoms with Crippen LogP contribution in [0.1, 0.15) is 53.7 Å². The average molecular weight is 288 g/mol. The van der Waals surface area contributed by atoms with Crippen molar-refractivity contribution in [1.29, 1.82) is 0 Å². The topological polar surface area (TPSA) is 80.0 Å². The van der Waals surface area contributed by atoms with E-state index in [1.807, 2.05) is 6.07 Å². The van der Waals surface area contributed by atoms with Gasteiger partial charge in [-0.05, 0) is 63.1 Å². The van der Waals surface area contributed by atoms with Crippen LogP contribution in [-0.4, -0.2) is 30.0 Å². The maximum Gasteiger partial charge on any atom is 0.252 e. The molecular weight excluding hydrogens is 264 g/mol. The second kappa shape index (κ2) is 6.43. The molecule has 2 heterocycles. The Hall–Kier alpha value is -1.62. The number of carbonyl (C=O) groups excluding carboxylic acids is 1. The summed E-state index contributed by atoms with van der Waals surface area (Å²) in [6.45, 7) is 1.94. The lowest BCUT2D eigenvalue weighted by atomic mass is 9.94. The van der Waals surface area contributed by atoms with E-state index in [0.29, 0.717) is 17.4 Å². The van der Waals surface area contributed by atoms with Crippen molar-refractivity contribution in [3.63, 3.8) is 0 Å². The van der Waals surface area contributed by atoms with Crippen LogP contribution in [0.15, 0.2) is 6.07 Å². The minimum atomic E-state index is -0.391. The van der Waals surface area contributed by atoms with Crippen molar-refractivity contribution in [1.82, 2.24) is 10.3 Å². The summed E-state index contributed by atoms with van der Waals surface area (Å²) in [7, 11) is 0. The summed E-state index contributed by atoms with van der Waals surface area (Å²) >= 11 is 0. The zero-order valence-electron chi connectivity index (χ0n) is 12.5. The van der Waals surface area contributed by atoms with Gasteiger partial charge < -0.3 is 16.4 Å². The number of amides is 1. The van der Waals surface area contributed by atoms with E-state index < -0.39 is 5.91 Å². The van der Waals surface area contributed by atoms with Crippen LogP contribution in [0.5, 0.6) is 0 Å². The molecule has 1 atom stereocenters. The zero-order valence-corrected chi connectivity index (χ0v) is 12.5. The first-order chi connectivity index (χ1) is 10.2. The number of nitrogens with one attached hydrogen (secondary N) is 2. The number of pyridine rings is 1. The Labute approximate surface area is 125 Å². The molecule has 1 amide bonds. The number of nitrogens with zero attached hydrogens (tertiary/aromatic N) is 1. The highest BCUT2D eigenvalue weighted by Crippen LogP contribution is 2.24. The van der Waals surface area contributed by atoms with E-state index in [-0.39, 0.29) is 0 Å². The van der Waals surface area contributed by atoms with E-state index in [2.05, 4.69) is 15.6 Å². The van der Waals surface area contributed by atoms with Crippen molar-refractivity contribution >= 4 is 11.7 Å². The molecule has 21 heavy (non-hydrogen) atoms. The van der Waals surface area contributed by atoms with Crippen LogP contribution in [0.3, 0.4) is 0 Å². The number of nitrogens with two attached hydrogens (primary N) is 1.